The van der Waals surface area contributed by atoms with Crippen molar-refractivity contribution in [1.29, 1.82) is 0 Å². The zero-order valence-electron chi connectivity index (χ0n) is 13.7. The van der Waals surface area contributed by atoms with Crippen molar-refractivity contribution >= 4 is 18.6 Å². The Balaban J connectivity index is 2.45. The smallest absolute Gasteiger partial charge is 0.493 e. The number of carbonyl (C=O) groups is 1. The van der Waals surface area contributed by atoms with Gasteiger partial charge in [-0.1, -0.05) is 6.07 Å². The third-order valence-electron chi connectivity index (χ3n) is 4.24. The van der Waals surface area contributed by atoms with Crippen molar-refractivity contribution < 1.29 is 28.0 Å². The van der Waals surface area contributed by atoms with Crippen LogP contribution in [0.2, 0.25) is 0 Å². The Hall–Kier alpha value is -1.60. The minimum absolute atomic E-state index is 0.0165. The van der Waals surface area contributed by atoms with Gasteiger partial charge in [-0.05, 0) is 33.8 Å². The molecule has 0 spiro atoms. The molecule has 0 saturated carbocycles. The first-order valence-corrected chi connectivity index (χ1v) is 6.95. The molecular weight excluding hydrogens is 290 g/mol. The highest BCUT2D eigenvalue weighted by Gasteiger charge is 2.52. The van der Waals surface area contributed by atoms with Crippen LogP contribution in [-0.4, -0.2) is 38.5 Å². The van der Waals surface area contributed by atoms with E-state index in [1.165, 1.54) is 26.4 Å². The minimum Gasteiger partial charge on any atom is -0.493 e. The predicted octanol–water partition coefficient (Wildman–Crippen LogP) is 1.92. The summed E-state index contributed by atoms with van der Waals surface area (Å²) in [5.41, 5.74) is -0.970. The fourth-order valence-corrected chi connectivity index (χ4v) is 2.19. The van der Waals surface area contributed by atoms with Crippen molar-refractivity contribution in [2.45, 2.75) is 38.9 Å². The zero-order valence-corrected chi connectivity index (χ0v) is 13.7. The summed E-state index contributed by atoms with van der Waals surface area (Å²) in [6.07, 6.45) is 0. The molecular formula is C15H20BFO5. The van der Waals surface area contributed by atoms with E-state index in [0.717, 1.165) is 0 Å². The van der Waals surface area contributed by atoms with Crippen molar-refractivity contribution in [2.75, 3.05) is 14.2 Å². The van der Waals surface area contributed by atoms with Gasteiger partial charge < -0.3 is 18.8 Å². The molecule has 1 fully saturated rings. The lowest BCUT2D eigenvalue weighted by atomic mass is 9.78. The van der Waals surface area contributed by atoms with Crippen molar-refractivity contribution in [2.24, 2.45) is 0 Å². The van der Waals surface area contributed by atoms with Crippen LogP contribution in [0.15, 0.2) is 12.1 Å². The number of esters is 1. The summed E-state index contributed by atoms with van der Waals surface area (Å²) >= 11 is 0. The number of rotatable bonds is 3. The van der Waals surface area contributed by atoms with Gasteiger partial charge in [-0.25, -0.2) is 9.18 Å². The SMILES string of the molecule is COC(=O)c1ccc(B2OC(C)(C)C(C)(C)O2)c(F)c1OC. The molecule has 1 aliphatic heterocycles. The minimum atomic E-state index is -0.870. The maximum absolute atomic E-state index is 14.7. The molecule has 0 aliphatic carbocycles. The zero-order chi connectivity index (χ0) is 16.7. The van der Waals surface area contributed by atoms with Gasteiger partial charge in [-0.2, -0.15) is 0 Å². The van der Waals surface area contributed by atoms with Gasteiger partial charge in [0, 0.05) is 5.46 Å². The van der Waals surface area contributed by atoms with Crippen LogP contribution in [0.4, 0.5) is 4.39 Å². The van der Waals surface area contributed by atoms with Crippen LogP contribution in [0, 0.1) is 5.82 Å². The third-order valence-corrected chi connectivity index (χ3v) is 4.24. The number of ether oxygens (including phenoxy) is 2. The molecule has 1 heterocycles. The average Bonchev–Trinajstić information content (AvgIpc) is 2.65. The van der Waals surface area contributed by atoms with Crippen LogP contribution in [0.25, 0.3) is 0 Å². The molecule has 2 rings (SSSR count). The van der Waals surface area contributed by atoms with Crippen LogP contribution in [0.3, 0.4) is 0 Å². The highest BCUT2D eigenvalue weighted by atomic mass is 19.1. The summed E-state index contributed by atoms with van der Waals surface area (Å²) < 4.78 is 36.0. The van der Waals surface area contributed by atoms with Gasteiger partial charge in [0.05, 0.1) is 25.4 Å². The second-order valence-corrected chi connectivity index (χ2v) is 6.13. The standard InChI is InChI=1S/C15H20BFO5/c1-14(2)15(3,4)22-16(21-14)10-8-7-9(13(18)20-6)12(19-5)11(10)17/h7-8H,1-6H3. The van der Waals surface area contributed by atoms with Crippen LogP contribution in [0.5, 0.6) is 5.75 Å². The molecule has 0 bridgehead atoms. The lowest BCUT2D eigenvalue weighted by Gasteiger charge is -2.32. The van der Waals surface area contributed by atoms with Gasteiger partial charge >= 0.3 is 13.1 Å². The Labute approximate surface area is 129 Å². The van der Waals surface area contributed by atoms with E-state index in [0.29, 0.717) is 0 Å². The molecule has 0 atom stereocenters. The summed E-state index contributed by atoms with van der Waals surface area (Å²) in [5.74, 6) is -1.54. The van der Waals surface area contributed by atoms with Crippen LogP contribution >= 0.6 is 0 Å². The van der Waals surface area contributed by atoms with Crippen LogP contribution in [0.1, 0.15) is 38.1 Å². The summed E-state index contributed by atoms with van der Waals surface area (Å²) in [4.78, 5) is 11.7. The van der Waals surface area contributed by atoms with Crippen molar-refractivity contribution in [3.8, 4) is 5.75 Å². The number of halogens is 1. The fourth-order valence-electron chi connectivity index (χ4n) is 2.19. The molecule has 5 nitrogen and oxygen atoms in total. The molecule has 1 aromatic rings. The lowest BCUT2D eigenvalue weighted by molar-refractivity contribution is 0.00578. The van der Waals surface area contributed by atoms with Gasteiger partial charge in [0.15, 0.2) is 11.6 Å². The molecule has 7 heteroatoms. The van der Waals surface area contributed by atoms with Crippen molar-refractivity contribution in [3.05, 3.63) is 23.5 Å². The van der Waals surface area contributed by atoms with Gasteiger partial charge in [-0.3, -0.25) is 0 Å². The molecule has 0 amide bonds. The van der Waals surface area contributed by atoms with Gasteiger partial charge in [0.2, 0.25) is 0 Å². The molecule has 1 saturated heterocycles. The molecule has 0 unspecified atom stereocenters. The van der Waals surface area contributed by atoms with E-state index in [1.807, 2.05) is 27.7 Å². The highest BCUT2D eigenvalue weighted by molar-refractivity contribution is 6.62. The number of benzene rings is 1. The van der Waals surface area contributed by atoms with Crippen LogP contribution < -0.4 is 10.2 Å². The first-order valence-electron chi connectivity index (χ1n) is 6.95. The number of methoxy groups -OCH3 is 2. The molecule has 0 N–H and O–H groups in total. The molecule has 0 aromatic heterocycles. The average molecular weight is 310 g/mol. The van der Waals surface area contributed by atoms with E-state index in [-0.39, 0.29) is 16.8 Å². The maximum atomic E-state index is 14.7. The quantitative estimate of drug-likeness (QED) is 0.631. The van der Waals surface area contributed by atoms with Crippen molar-refractivity contribution in [1.82, 2.24) is 0 Å². The first kappa shape index (κ1) is 16.8. The van der Waals surface area contributed by atoms with E-state index in [1.54, 1.807) is 0 Å². The Kier molecular flexibility index (Phi) is 4.23. The largest absolute Gasteiger partial charge is 0.498 e. The maximum Gasteiger partial charge on any atom is 0.498 e. The van der Waals surface area contributed by atoms with Gasteiger partial charge in [0.1, 0.15) is 5.56 Å². The summed E-state index contributed by atoms with van der Waals surface area (Å²) in [7, 11) is 1.64. The molecule has 1 aliphatic rings. The molecule has 22 heavy (non-hydrogen) atoms. The summed E-state index contributed by atoms with van der Waals surface area (Å²) in [6, 6.07) is 2.89. The summed E-state index contributed by atoms with van der Waals surface area (Å²) in [5, 5.41) is 0. The third kappa shape index (κ3) is 2.59. The predicted molar refractivity (Wildman–Crippen MR) is 80.0 cm³/mol. The first-order chi connectivity index (χ1) is 10.1. The Morgan fingerprint density at radius 2 is 1.68 bits per heavy atom. The van der Waals surface area contributed by atoms with Gasteiger partial charge in [0.25, 0.3) is 0 Å². The van der Waals surface area contributed by atoms with E-state index in [9.17, 15) is 9.18 Å². The van der Waals surface area contributed by atoms with E-state index in [4.69, 9.17) is 14.0 Å². The van der Waals surface area contributed by atoms with Gasteiger partial charge in [-0.15, -0.1) is 0 Å². The number of carbonyl (C=O) groups excluding carboxylic acids is 1. The van der Waals surface area contributed by atoms with E-state index >= 15 is 0 Å². The van der Waals surface area contributed by atoms with E-state index in [2.05, 4.69) is 4.74 Å². The number of hydrogen-bond donors (Lipinski definition) is 0. The summed E-state index contributed by atoms with van der Waals surface area (Å²) in [6.45, 7) is 7.52. The molecule has 1 aromatic carbocycles. The molecule has 120 valence electrons. The normalized spacial score (nSPS) is 19.1. The second-order valence-electron chi connectivity index (χ2n) is 6.13. The fraction of sp³-hybridized carbons (Fsp3) is 0.533. The lowest BCUT2D eigenvalue weighted by Crippen LogP contribution is -2.41. The Bertz CT molecular complexity index is 584. The monoisotopic (exact) mass is 310 g/mol. The highest BCUT2D eigenvalue weighted by Crippen LogP contribution is 2.37. The Morgan fingerprint density at radius 3 is 2.14 bits per heavy atom. The topological polar surface area (TPSA) is 54.0 Å². The second kappa shape index (κ2) is 5.55. The van der Waals surface area contributed by atoms with E-state index < -0.39 is 30.1 Å². The number of hydrogen-bond acceptors (Lipinski definition) is 5. The van der Waals surface area contributed by atoms with Crippen LogP contribution in [-0.2, 0) is 14.0 Å². The van der Waals surface area contributed by atoms with Crippen molar-refractivity contribution in [3.63, 3.8) is 0 Å². The Morgan fingerprint density at radius 1 is 1.14 bits per heavy atom. The molecule has 0 radical (unpaired) electrons.